The number of unbranched alkanes of at least 4 members (excludes halogenated alkanes) is 1. The second kappa shape index (κ2) is 5.41. The Morgan fingerprint density at radius 3 is 2.81 bits per heavy atom. The average Bonchev–Trinajstić information content (AvgIpc) is 2.74. The van der Waals surface area contributed by atoms with E-state index in [2.05, 4.69) is 11.1 Å². The minimum Gasteiger partial charge on any atom is -0.348 e. The Labute approximate surface area is 96.8 Å². The number of hydrogen-bond donors (Lipinski definition) is 0. The third-order valence-corrected chi connectivity index (χ3v) is 2.97. The number of nitrogens with zero attached hydrogens (tertiary/aromatic N) is 1. The molecule has 2 heterocycles. The predicted molar refractivity (Wildman–Crippen MR) is 62.1 cm³/mol. The van der Waals surface area contributed by atoms with Gasteiger partial charge in [0.05, 0.1) is 13.2 Å². The molecule has 0 atom stereocenters. The van der Waals surface area contributed by atoms with Crippen molar-refractivity contribution in [2.75, 3.05) is 13.2 Å². The third kappa shape index (κ3) is 3.29. The lowest BCUT2D eigenvalue weighted by molar-refractivity contribution is -0.147. The predicted octanol–water partition coefficient (Wildman–Crippen LogP) is 2.56. The fourth-order valence-corrected chi connectivity index (χ4v) is 2.02. The zero-order chi connectivity index (χ0) is 11.3. The first kappa shape index (κ1) is 11.6. The van der Waals surface area contributed by atoms with Crippen molar-refractivity contribution in [1.82, 2.24) is 4.98 Å². The Balaban J connectivity index is 1.65. The van der Waals surface area contributed by atoms with Crippen molar-refractivity contribution in [3.05, 3.63) is 30.1 Å². The highest BCUT2D eigenvalue weighted by atomic mass is 16.7. The van der Waals surface area contributed by atoms with Crippen LogP contribution >= 0.6 is 0 Å². The molecule has 1 fully saturated rings. The first-order valence-corrected chi connectivity index (χ1v) is 5.95. The number of pyridine rings is 1. The topological polar surface area (TPSA) is 31.4 Å². The van der Waals surface area contributed by atoms with E-state index in [1.54, 1.807) is 0 Å². The molecular formula is C13H19NO2. The van der Waals surface area contributed by atoms with Crippen molar-refractivity contribution in [3.63, 3.8) is 0 Å². The van der Waals surface area contributed by atoms with Gasteiger partial charge in [-0.05, 0) is 37.8 Å². The molecule has 0 bridgehead atoms. The maximum Gasteiger partial charge on any atom is 0.165 e. The van der Waals surface area contributed by atoms with Gasteiger partial charge < -0.3 is 9.47 Å². The highest BCUT2D eigenvalue weighted by Crippen LogP contribution is 2.25. The molecule has 0 aromatic carbocycles. The monoisotopic (exact) mass is 221 g/mol. The van der Waals surface area contributed by atoms with E-state index in [0.717, 1.165) is 38.9 Å². The Morgan fingerprint density at radius 1 is 1.31 bits per heavy atom. The van der Waals surface area contributed by atoms with Crippen LogP contribution in [0.5, 0.6) is 0 Å². The van der Waals surface area contributed by atoms with Crippen molar-refractivity contribution < 1.29 is 9.47 Å². The average molecular weight is 221 g/mol. The van der Waals surface area contributed by atoms with Crippen LogP contribution in [-0.2, 0) is 15.9 Å². The molecule has 0 aliphatic carbocycles. The molecule has 3 nitrogen and oxygen atoms in total. The molecule has 16 heavy (non-hydrogen) atoms. The van der Waals surface area contributed by atoms with Crippen LogP contribution in [0.15, 0.2) is 24.5 Å². The quantitative estimate of drug-likeness (QED) is 0.716. The van der Waals surface area contributed by atoms with E-state index in [9.17, 15) is 0 Å². The molecule has 0 spiro atoms. The molecule has 88 valence electrons. The van der Waals surface area contributed by atoms with Crippen LogP contribution in [-0.4, -0.2) is 24.0 Å². The SMILES string of the molecule is CC1(CCCCc2cccnc2)OCCO1. The Hall–Kier alpha value is -0.930. The fraction of sp³-hybridized carbons (Fsp3) is 0.615. The summed E-state index contributed by atoms with van der Waals surface area (Å²) in [6.45, 7) is 3.50. The van der Waals surface area contributed by atoms with E-state index in [-0.39, 0.29) is 5.79 Å². The normalized spacial score (nSPS) is 18.8. The number of rotatable bonds is 5. The van der Waals surface area contributed by atoms with Crippen molar-refractivity contribution in [3.8, 4) is 0 Å². The molecule has 0 radical (unpaired) electrons. The van der Waals surface area contributed by atoms with Crippen molar-refractivity contribution >= 4 is 0 Å². The summed E-state index contributed by atoms with van der Waals surface area (Å²) in [6.07, 6.45) is 8.10. The van der Waals surface area contributed by atoms with E-state index in [1.165, 1.54) is 5.56 Å². The zero-order valence-electron chi connectivity index (χ0n) is 9.82. The Bertz CT molecular complexity index is 307. The molecule has 3 heteroatoms. The van der Waals surface area contributed by atoms with Gasteiger partial charge in [0.2, 0.25) is 0 Å². The second-order valence-electron chi connectivity index (χ2n) is 4.40. The van der Waals surface area contributed by atoms with Gasteiger partial charge in [-0.1, -0.05) is 6.07 Å². The van der Waals surface area contributed by atoms with Gasteiger partial charge in [0.15, 0.2) is 5.79 Å². The minimum absolute atomic E-state index is 0.324. The van der Waals surface area contributed by atoms with Gasteiger partial charge in [-0.2, -0.15) is 0 Å². The summed E-state index contributed by atoms with van der Waals surface area (Å²) in [7, 11) is 0. The summed E-state index contributed by atoms with van der Waals surface area (Å²) in [6, 6.07) is 4.11. The molecule has 1 aliphatic rings. The Kier molecular flexibility index (Phi) is 3.91. The van der Waals surface area contributed by atoms with Crippen molar-refractivity contribution in [1.29, 1.82) is 0 Å². The smallest absolute Gasteiger partial charge is 0.165 e. The highest BCUT2D eigenvalue weighted by molar-refractivity contribution is 5.08. The van der Waals surface area contributed by atoms with Crippen LogP contribution in [0.2, 0.25) is 0 Å². The molecule has 1 aliphatic heterocycles. The fourth-order valence-electron chi connectivity index (χ4n) is 2.02. The number of aryl methyl sites for hydroxylation is 1. The van der Waals surface area contributed by atoms with Crippen LogP contribution in [0.25, 0.3) is 0 Å². The van der Waals surface area contributed by atoms with Gasteiger partial charge in [0.1, 0.15) is 0 Å². The maximum absolute atomic E-state index is 5.56. The Morgan fingerprint density at radius 2 is 2.12 bits per heavy atom. The molecule has 1 aromatic rings. The molecule has 0 N–H and O–H groups in total. The summed E-state index contributed by atoms with van der Waals surface area (Å²) in [5.74, 6) is -0.324. The van der Waals surface area contributed by atoms with Crippen LogP contribution in [0.3, 0.4) is 0 Å². The maximum atomic E-state index is 5.56. The highest BCUT2D eigenvalue weighted by Gasteiger charge is 2.29. The number of ether oxygens (including phenoxy) is 2. The van der Waals surface area contributed by atoms with Crippen LogP contribution < -0.4 is 0 Å². The lowest BCUT2D eigenvalue weighted by Gasteiger charge is -2.21. The first-order chi connectivity index (χ1) is 7.79. The molecule has 2 rings (SSSR count). The van der Waals surface area contributed by atoms with Gasteiger partial charge in [0.25, 0.3) is 0 Å². The molecule has 1 aromatic heterocycles. The van der Waals surface area contributed by atoms with Crippen LogP contribution in [0.4, 0.5) is 0 Å². The first-order valence-electron chi connectivity index (χ1n) is 5.95. The van der Waals surface area contributed by atoms with E-state index >= 15 is 0 Å². The minimum atomic E-state index is -0.324. The third-order valence-electron chi connectivity index (χ3n) is 2.97. The molecule has 1 saturated heterocycles. The van der Waals surface area contributed by atoms with Gasteiger partial charge in [-0.15, -0.1) is 0 Å². The summed E-state index contributed by atoms with van der Waals surface area (Å²) < 4.78 is 11.1. The summed E-state index contributed by atoms with van der Waals surface area (Å²) >= 11 is 0. The summed E-state index contributed by atoms with van der Waals surface area (Å²) in [5, 5.41) is 0. The van der Waals surface area contributed by atoms with Crippen LogP contribution in [0, 0.1) is 0 Å². The largest absolute Gasteiger partial charge is 0.348 e. The molecular weight excluding hydrogens is 202 g/mol. The van der Waals surface area contributed by atoms with Crippen molar-refractivity contribution in [2.24, 2.45) is 0 Å². The number of hydrogen-bond acceptors (Lipinski definition) is 3. The summed E-state index contributed by atoms with van der Waals surface area (Å²) in [5.41, 5.74) is 1.31. The van der Waals surface area contributed by atoms with Crippen LogP contribution in [0.1, 0.15) is 31.7 Å². The number of aromatic nitrogens is 1. The molecule has 0 saturated carbocycles. The zero-order valence-corrected chi connectivity index (χ0v) is 9.82. The van der Waals surface area contributed by atoms with E-state index in [1.807, 2.05) is 25.4 Å². The van der Waals surface area contributed by atoms with Gasteiger partial charge in [0, 0.05) is 18.8 Å². The second-order valence-corrected chi connectivity index (χ2v) is 4.40. The van der Waals surface area contributed by atoms with E-state index < -0.39 is 0 Å². The van der Waals surface area contributed by atoms with E-state index in [4.69, 9.17) is 9.47 Å². The van der Waals surface area contributed by atoms with E-state index in [0.29, 0.717) is 0 Å². The van der Waals surface area contributed by atoms with Gasteiger partial charge >= 0.3 is 0 Å². The standard InChI is InChI=1S/C13H19NO2/c1-13(15-9-10-16-13)7-3-2-5-12-6-4-8-14-11-12/h4,6,8,11H,2-3,5,7,9-10H2,1H3. The lowest BCUT2D eigenvalue weighted by atomic mass is 10.1. The summed E-state index contributed by atoms with van der Waals surface area (Å²) in [4.78, 5) is 4.11. The van der Waals surface area contributed by atoms with Gasteiger partial charge in [-0.25, -0.2) is 0 Å². The molecule has 0 amide bonds. The van der Waals surface area contributed by atoms with Crippen molar-refractivity contribution in [2.45, 2.75) is 38.4 Å². The lowest BCUT2D eigenvalue weighted by Crippen LogP contribution is -2.25. The van der Waals surface area contributed by atoms with Gasteiger partial charge in [-0.3, -0.25) is 4.98 Å². The molecule has 0 unspecified atom stereocenters.